The molecular weight excluding hydrogens is 396 g/mol. The third kappa shape index (κ3) is 6.42. The average molecular weight is 421 g/mol. The van der Waals surface area contributed by atoms with Gasteiger partial charge in [0.25, 0.3) is 0 Å². The van der Waals surface area contributed by atoms with Crippen LogP contribution in [0.4, 0.5) is 4.79 Å². The van der Waals surface area contributed by atoms with Gasteiger partial charge < -0.3 is 15.2 Å². The fraction of sp³-hybridized carbons (Fsp3) is 0.400. The molecule has 0 aliphatic heterocycles. The number of rotatable bonds is 6. The Hall–Kier alpha value is -1.92. The molecule has 2 N–H and O–H groups in total. The highest BCUT2D eigenvalue weighted by Gasteiger charge is 2.30. The number of nitrogens with zero attached hydrogens (tertiary/aromatic N) is 1. The predicted octanol–water partition coefficient (Wildman–Crippen LogP) is 4.19. The molecule has 5 nitrogen and oxygen atoms in total. The SMILES string of the molecule is CC(C)(C)OC(=O)NC[C@@](O)(CCc1ccc(Br)cc1)c1cccnc1. The van der Waals surface area contributed by atoms with Gasteiger partial charge in [0.1, 0.15) is 11.2 Å². The maximum absolute atomic E-state index is 12.0. The first-order valence-corrected chi connectivity index (χ1v) is 9.31. The van der Waals surface area contributed by atoms with E-state index >= 15 is 0 Å². The molecule has 1 aromatic heterocycles. The molecule has 0 spiro atoms. The molecule has 0 aliphatic carbocycles. The minimum absolute atomic E-state index is 0.0458. The van der Waals surface area contributed by atoms with E-state index in [0.717, 1.165) is 10.0 Å². The number of hydrogen-bond acceptors (Lipinski definition) is 4. The second kappa shape index (κ2) is 8.64. The third-order valence-electron chi connectivity index (χ3n) is 3.86. The molecule has 0 saturated heterocycles. The van der Waals surface area contributed by atoms with Gasteiger partial charge in [-0.2, -0.15) is 0 Å². The molecule has 1 aromatic carbocycles. The van der Waals surface area contributed by atoms with Gasteiger partial charge in [0, 0.05) is 22.4 Å². The van der Waals surface area contributed by atoms with Gasteiger partial charge in [-0.05, 0) is 57.4 Å². The highest BCUT2D eigenvalue weighted by atomic mass is 79.9. The molecule has 0 radical (unpaired) electrons. The zero-order valence-electron chi connectivity index (χ0n) is 15.3. The van der Waals surface area contributed by atoms with Crippen LogP contribution >= 0.6 is 15.9 Å². The van der Waals surface area contributed by atoms with Crippen molar-refractivity contribution in [3.63, 3.8) is 0 Å². The Morgan fingerprint density at radius 2 is 1.92 bits per heavy atom. The van der Waals surface area contributed by atoms with Gasteiger partial charge in [-0.3, -0.25) is 4.98 Å². The second-order valence-electron chi connectivity index (χ2n) is 7.26. The molecule has 0 saturated carbocycles. The Morgan fingerprint density at radius 1 is 1.23 bits per heavy atom. The summed E-state index contributed by atoms with van der Waals surface area (Å²) in [5, 5.41) is 13.9. The van der Waals surface area contributed by atoms with Crippen LogP contribution in [0.3, 0.4) is 0 Å². The lowest BCUT2D eigenvalue weighted by atomic mass is 9.88. The molecular formula is C20H25BrN2O3. The van der Waals surface area contributed by atoms with Gasteiger partial charge >= 0.3 is 6.09 Å². The lowest BCUT2D eigenvalue weighted by molar-refractivity contribution is 0.0155. The van der Waals surface area contributed by atoms with Crippen LogP contribution in [0.25, 0.3) is 0 Å². The summed E-state index contributed by atoms with van der Waals surface area (Å²) in [6.45, 7) is 5.44. The number of benzene rings is 1. The number of hydrogen-bond donors (Lipinski definition) is 2. The van der Waals surface area contributed by atoms with Crippen LogP contribution < -0.4 is 5.32 Å². The molecule has 0 fully saturated rings. The predicted molar refractivity (Wildman–Crippen MR) is 105 cm³/mol. The van der Waals surface area contributed by atoms with E-state index in [0.29, 0.717) is 18.4 Å². The smallest absolute Gasteiger partial charge is 0.407 e. The number of carbonyl (C=O) groups is 1. The zero-order chi connectivity index (χ0) is 19.2. The second-order valence-corrected chi connectivity index (χ2v) is 8.17. The number of carbonyl (C=O) groups excluding carboxylic acids is 1. The number of aryl methyl sites for hydroxylation is 1. The van der Waals surface area contributed by atoms with Gasteiger partial charge in [-0.1, -0.05) is 34.1 Å². The minimum Gasteiger partial charge on any atom is -0.444 e. The Kier molecular flexibility index (Phi) is 6.78. The lowest BCUT2D eigenvalue weighted by Gasteiger charge is -2.29. The summed E-state index contributed by atoms with van der Waals surface area (Å²) in [6.07, 6.45) is 3.83. The van der Waals surface area contributed by atoms with E-state index in [-0.39, 0.29) is 6.54 Å². The van der Waals surface area contributed by atoms with Crippen molar-refractivity contribution in [2.45, 2.75) is 44.8 Å². The van der Waals surface area contributed by atoms with Crippen molar-refractivity contribution in [3.8, 4) is 0 Å². The topological polar surface area (TPSA) is 71.5 Å². The number of pyridine rings is 1. The molecule has 1 amide bonds. The fourth-order valence-corrected chi connectivity index (χ4v) is 2.77. The van der Waals surface area contributed by atoms with Crippen LogP contribution in [-0.2, 0) is 16.8 Å². The molecule has 1 atom stereocenters. The van der Waals surface area contributed by atoms with Crippen LogP contribution in [0.15, 0.2) is 53.3 Å². The summed E-state index contributed by atoms with van der Waals surface area (Å²) >= 11 is 3.42. The number of halogens is 1. The van der Waals surface area contributed by atoms with Gasteiger partial charge in [-0.25, -0.2) is 4.79 Å². The monoisotopic (exact) mass is 420 g/mol. The molecule has 0 aliphatic rings. The maximum Gasteiger partial charge on any atom is 0.407 e. The Morgan fingerprint density at radius 3 is 2.50 bits per heavy atom. The average Bonchev–Trinajstić information content (AvgIpc) is 2.59. The largest absolute Gasteiger partial charge is 0.444 e. The summed E-state index contributed by atoms with van der Waals surface area (Å²) in [6, 6.07) is 11.5. The molecule has 0 unspecified atom stereocenters. The number of aliphatic hydroxyl groups is 1. The van der Waals surface area contributed by atoms with E-state index in [2.05, 4.69) is 26.2 Å². The summed E-state index contributed by atoms with van der Waals surface area (Å²) in [4.78, 5) is 16.1. The molecule has 0 bridgehead atoms. The Labute approximate surface area is 162 Å². The first kappa shape index (κ1) is 20.4. The van der Waals surface area contributed by atoms with Crippen LogP contribution in [0.5, 0.6) is 0 Å². The maximum atomic E-state index is 12.0. The quantitative estimate of drug-likeness (QED) is 0.734. The number of nitrogens with one attached hydrogen (secondary N) is 1. The highest BCUT2D eigenvalue weighted by Crippen LogP contribution is 2.26. The first-order chi connectivity index (χ1) is 12.2. The van der Waals surface area contributed by atoms with Crippen LogP contribution in [0.1, 0.15) is 38.3 Å². The Bertz CT molecular complexity index is 714. The van der Waals surface area contributed by atoms with E-state index in [1.807, 2.05) is 30.3 Å². The lowest BCUT2D eigenvalue weighted by Crippen LogP contribution is -2.43. The molecule has 1 heterocycles. The summed E-state index contributed by atoms with van der Waals surface area (Å²) in [5.41, 5.74) is -0.0624. The third-order valence-corrected chi connectivity index (χ3v) is 4.39. The van der Waals surface area contributed by atoms with Crippen molar-refractivity contribution in [3.05, 3.63) is 64.4 Å². The van der Waals surface area contributed by atoms with Crippen molar-refractivity contribution in [1.82, 2.24) is 10.3 Å². The minimum atomic E-state index is -1.24. The van der Waals surface area contributed by atoms with E-state index in [9.17, 15) is 9.90 Å². The van der Waals surface area contributed by atoms with Crippen molar-refractivity contribution in [2.24, 2.45) is 0 Å². The zero-order valence-corrected chi connectivity index (χ0v) is 16.9. The molecule has 2 aromatic rings. The summed E-state index contributed by atoms with van der Waals surface area (Å²) < 4.78 is 6.27. The summed E-state index contributed by atoms with van der Waals surface area (Å²) in [7, 11) is 0. The van der Waals surface area contributed by atoms with Gasteiger partial charge in [0.15, 0.2) is 0 Å². The number of aromatic nitrogens is 1. The van der Waals surface area contributed by atoms with Crippen molar-refractivity contribution in [2.75, 3.05) is 6.54 Å². The highest BCUT2D eigenvalue weighted by molar-refractivity contribution is 9.10. The Balaban J connectivity index is 2.09. The van der Waals surface area contributed by atoms with Crippen LogP contribution in [-0.4, -0.2) is 28.3 Å². The van der Waals surface area contributed by atoms with E-state index < -0.39 is 17.3 Å². The molecule has 140 valence electrons. The van der Waals surface area contributed by atoms with Crippen molar-refractivity contribution < 1.29 is 14.6 Å². The normalized spacial score (nSPS) is 13.7. The van der Waals surface area contributed by atoms with Crippen molar-refractivity contribution in [1.29, 1.82) is 0 Å². The van der Waals surface area contributed by atoms with E-state index in [4.69, 9.17) is 4.74 Å². The van der Waals surface area contributed by atoms with E-state index in [1.165, 1.54) is 0 Å². The number of amides is 1. The first-order valence-electron chi connectivity index (χ1n) is 8.52. The summed E-state index contributed by atoms with van der Waals surface area (Å²) in [5.74, 6) is 0. The van der Waals surface area contributed by atoms with Crippen LogP contribution in [0.2, 0.25) is 0 Å². The molecule has 2 rings (SSSR count). The van der Waals surface area contributed by atoms with Gasteiger partial charge in [0.05, 0.1) is 6.54 Å². The standard InChI is InChI=1S/C20H25BrN2O3/c1-19(2,3)26-18(24)23-14-20(25,16-5-4-12-22-13-16)11-10-15-6-8-17(21)9-7-15/h4-9,12-13,25H,10-11,14H2,1-3H3,(H,23,24)/t20-/m0/s1. The number of ether oxygens (including phenoxy) is 1. The fourth-order valence-electron chi connectivity index (χ4n) is 2.51. The molecule has 6 heteroatoms. The van der Waals surface area contributed by atoms with Crippen molar-refractivity contribution >= 4 is 22.0 Å². The van der Waals surface area contributed by atoms with Gasteiger partial charge in [-0.15, -0.1) is 0 Å². The van der Waals surface area contributed by atoms with E-state index in [1.54, 1.807) is 39.2 Å². The van der Waals surface area contributed by atoms with Gasteiger partial charge in [0.2, 0.25) is 0 Å². The van der Waals surface area contributed by atoms with Crippen LogP contribution in [0, 0.1) is 0 Å². The number of alkyl carbamates (subject to hydrolysis) is 1. The molecule has 26 heavy (non-hydrogen) atoms.